The summed E-state index contributed by atoms with van der Waals surface area (Å²) in [6.45, 7) is 2.14. The number of nitriles is 1. The van der Waals surface area contributed by atoms with E-state index in [0.29, 0.717) is 0 Å². The van der Waals surface area contributed by atoms with Crippen molar-refractivity contribution in [3.63, 3.8) is 0 Å². The van der Waals surface area contributed by atoms with Gasteiger partial charge >= 0.3 is 5.97 Å². The van der Waals surface area contributed by atoms with Crippen LogP contribution in [0.25, 0.3) is 11.1 Å². The van der Waals surface area contributed by atoms with Crippen LogP contribution in [0.5, 0.6) is 5.75 Å². The molecule has 0 saturated carbocycles. The van der Waals surface area contributed by atoms with Crippen LogP contribution in [0.1, 0.15) is 30.5 Å². The molecule has 2 atom stereocenters. The van der Waals surface area contributed by atoms with Gasteiger partial charge in [0.25, 0.3) is 0 Å². The van der Waals surface area contributed by atoms with E-state index in [1.807, 2.05) is 55.5 Å². The van der Waals surface area contributed by atoms with E-state index in [1.54, 1.807) is 7.11 Å². The quantitative estimate of drug-likeness (QED) is 0.259. The fraction of sp³-hybridized carbons (Fsp3) is 0.259. The van der Waals surface area contributed by atoms with Crippen LogP contribution in [0.2, 0.25) is 0 Å². The van der Waals surface area contributed by atoms with Crippen molar-refractivity contribution in [1.82, 2.24) is 10.6 Å². The molecule has 0 aliphatic heterocycles. The van der Waals surface area contributed by atoms with Gasteiger partial charge in [-0.3, -0.25) is 15.4 Å². The molecule has 33 heavy (non-hydrogen) atoms. The minimum Gasteiger partial charge on any atom is -0.497 e. The smallest absolute Gasteiger partial charge is 0.319 e. The SMILES string of the molecule is COc1ccc(-c2ccccc2C(NC(C)NCC(=O)OCCC#N)c2ccccc2)cc1. The highest BCUT2D eigenvalue weighted by atomic mass is 16.5. The summed E-state index contributed by atoms with van der Waals surface area (Å²) >= 11 is 0. The van der Waals surface area contributed by atoms with Crippen molar-refractivity contribution in [2.75, 3.05) is 20.3 Å². The van der Waals surface area contributed by atoms with Crippen molar-refractivity contribution in [2.45, 2.75) is 25.6 Å². The van der Waals surface area contributed by atoms with Gasteiger partial charge in [-0.1, -0.05) is 66.7 Å². The summed E-state index contributed by atoms with van der Waals surface area (Å²) in [6, 6.07) is 28.4. The van der Waals surface area contributed by atoms with Gasteiger partial charge in [-0.15, -0.1) is 0 Å². The molecule has 6 heteroatoms. The topological polar surface area (TPSA) is 83.4 Å². The maximum atomic E-state index is 11.9. The molecule has 3 aromatic rings. The number of hydrogen-bond donors (Lipinski definition) is 2. The van der Waals surface area contributed by atoms with E-state index >= 15 is 0 Å². The maximum absolute atomic E-state index is 11.9. The first kappa shape index (κ1) is 24.0. The van der Waals surface area contributed by atoms with Crippen molar-refractivity contribution in [3.8, 4) is 22.9 Å². The number of rotatable bonds is 11. The summed E-state index contributed by atoms with van der Waals surface area (Å²) < 4.78 is 10.3. The highest BCUT2D eigenvalue weighted by Gasteiger charge is 2.20. The molecule has 0 heterocycles. The molecule has 0 aliphatic carbocycles. The van der Waals surface area contributed by atoms with Crippen LogP contribution in [0.4, 0.5) is 0 Å². The molecular weight excluding hydrogens is 414 g/mol. The Balaban J connectivity index is 1.82. The minimum atomic E-state index is -0.381. The molecule has 0 fully saturated rings. The van der Waals surface area contributed by atoms with E-state index in [0.717, 1.165) is 28.0 Å². The van der Waals surface area contributed by atoms with Crippen LogP contribution in [-0.4, -0.2) is 32.4 Å². The highest BCUT2D eigenvalue weighted by molar-refractivity contribution is 5.71. The molecule has 3 rings (SSSR count). The largest absolute Gasteiger partial charge is 0.497 e. The van der Waals surface area contributed by atoms with Crippen LogP contribution in [0, 0.1) is 11.3 Å². The van der Waals surface area contributed by atoms with Gasteiger partial charge in [0.05, 0.1) is 38.4 Å². The molecule has 2 N–H and O–H groups in total. The minimum absolute atomic E-state index is 0.0568. The van der Waals surface area contributed by atoms with Crippen molar-refractivity contribution in [3.05, 3.63) is 90.0 Å². The molecule has 0 aromatic heterocycles. The van der Waals surface area contributed by atoms with Gasteiger partial charge in [0.2, 0.25) is 0 Å². The zero-order chi connectivity index (χ0) is 23.5. The number of nitrogens with zero attached hydrogens (tertiary/aromatic N) is 1. The van der Waals surface area contributed by atoms with Crippen molar-refractivity contribution >= 4 is 5.97 Å². The van der Waals surface area contributed by atoms with Crippen LogP contribution in [0.15, 0.2) is 78.9 Å². The average Bonchev–Trinajstić information content (AvgIpc) is 2.87. The van der Waals surface area contributed by atoms with E-state index in [1.165, 1.54) is 0 Å². The Morgan fingerprint density at radius 3 is 2.39 bits per heavy atom. The number of ether oxygens (including phenoxy) is 2. The summed E-state index contributed by atoms with van der Waals surface area (Å²) in [5, 5.41) is 15.3. The standard InChI is InChI=1S/C27H29N3O3/c1-20(29-19-26(31)33-18-8-17-28)30-27(22-9-4-3-5-10-22)25-12-7-6-11-24(25)21-13-15-23(32-2)16-14-21/h3-7,9-16,20,27,29-30H,8,18-19H2,1-2H3. The maximum Gasteiger partial charge on any atom is 0.319 e. The first-order chi connectivity index (χ1) is 16.1. The second kappa shape index (κ2) is 12.4. The van der Waals surface area contributed by atoms with E-state index < -0.39 is 0 Å². The molecule has 0 radical (unpaired) electrons. The summed E-state index contributed by atoms with van der Waals surface area (Å²) in [5.41, 5.74) is 4.45. The lowest BCUT2D eigenvalue weighted by atomic mass is 9.90. The third-order valence-electron chi connectivity index (χ3n) is 5.25. The Morgan fingerprint density at radius 2 is 1.70 bits per heavy atom. The lowest BCUT2D eigenvalue weighted by Crippen LogP contribution is -2.44. The first-order valence-electron chi connectivity index (χ1n) is 10.9. The molecule has 0 saturated heterocycles. The molecule has 3 aromatic carbocycles. The van der Waals surface area contributed by atoms with Crippen LogP contribution >= 0.6 is 0 Å². The van der Waals surface area contributed by atoms with Crippen LogP contribution in [-0.2, 0) is 9.53 Å². The van der Waals surface area contributed by atoms with E-state index in [-0.39, 0.29) is 37.7 Å². The number of nitrogens with one attached hydrogen (secondary N) is 2. The van der Waals surface area contributed by atoms with Gasteiger partial charge in [-0.25, -0.2) is 0 Å². The lowest BCUT2D eigenvalue weighted by molar-refractivity contribution is -0.142. The van der Waals surface area contributed by atoms with Gasteiger partial charge in [0.1, 0.15) is 12.4 Å². The zero-order valence-electron chi connectivity index (χ0n) is 19.0. The monoisotopic (exact) mass is 443 g/mol. The summed E-state index contributed by atoms with van der Waals surface area (Å²) in [6.07, 6.45) is 0.0141. The normalized spacial score (nSPS) is 12.4. The number of benzene rings is 3. The van der Waals surface area contributed by atoms with E-state index in [9.17, 15) is 4.79 Å². The molecule has 170 valence electrons. The van der Waals surface area contributed by atoms with Gasteiger partial charge in [-0.05, 0) is 41.3 Å². The molecule has 0 bridgehead atoms. The lowest BCUT2D eigenvalue weighted by Gasteiger charge is -2.27. The van der Waals surface area contributed by atoms with Gasteiger partial charge in [0.15, 0.2) is 0 Å². The Morgan fingerprint density at radius 1 is 1.00 bits per heavy atom. The molecule has 2 unspecified atom stereocenters. The third kappa shape index (κ3) is 6.91. The van der Waals surface area contributed by atoms with Crippen LogP contribution < -0.4 is 15.4 Å². The van der Waals surface area contributed by atoms with Crippen molar-refractivity contribution < 1.29 is 14.3 Å². The molecular formula is C27H29N3O3. The van der Waals surface area contributed by atoms with E-state index in [2.05, 4.69) is 47.0 Å². The Bertz CT molecular complexity index is 1060. The summed E-state index contributed by atoms with van der Waals surface area (Å²) in [5.74, 6) is 0.433. The van der Waals surface area contributed by atoms with Crippen molar-refractivity contribution in [2.24, 2.45) is 0 Å². The van der Waals surface area contributed by atoms with Gasteiger partial charge in [0, 0.05) is 0 Å². The number of carbonyl (C=O) groups is 1. The second-order valence-corrected chi connectivity index (χ2v) is 7.56. The van der Waals surface area contributed by atoms with E-state index in [4.69, 9.17) is 14.7 Å². The molecule has 6 nitrogen and oxygen atoms in total. The Kier molecular flexibility index (Phi) is 9.01. The van der Waals surface area contributed by atoms with Crippen LogP contribution in [0.3, 0.4) is 0 Å². The fourth-order valence-corrected chi connectivity index (χ4v) is 3.60. The molecule has 0 aliphatic rings. The predicted molar refractivity (Wildman–Crippen MR) is 129 cm³/mol. The molecule has 0 amide bonds. The zero-order valence-corrected chi connectivity index (χ0v) is 19.0. The van der Waals surface area contributed by atoms with Gasteiger partial charge in [-0.2, -0.15) is 5.26 Å². The Hall–Kier alpha value is -3.66. The number of hydrogen-bond acceptors (Lipinski definition) is 6. The Labute approximate surface area is 195 Å². The van der Waals surface area contributed by atoms with Crippen molar-refractivity contribution in [1.29, 1.82) is 5.26 Å². The number of carbonyl (C=O) groups excluding carboxylic acids is 1. The fourth-order valence-electron chi connectivity index (χ4n) is 3.60. The first-order valence-corrected chi connectivity index (χ1v) is 10.9. The predicted octanol–water partition coefficient (Wildman–Crippen LogP) is 4.43. The number of esters is 1. The second-order valence-electron chi connectivity index (χ2n) is 7.56. The molecule has 0 spiro atoms. The van der Waals surface area contributed by atoms with Gasteiger partial charge < -0.3 is 9.47 Å². The summed E-state index contributed by atoms with van der Waals surface area (Å²) in [4.78, 5) is 11.9. The average molecular weight is 444 g/mol. The highest BCUT2D eigenvalue weighted by Crippen LogP contribution is 2.33. The summed E-state index contributed by atoms with van der Waals surface area (Å²) in [7, 11) is 1.66. The third-order valence-corrected chi connectivity index (χ3v) is 5.25. The number of methoxy groups -OCH3 is 1.